The molecule has 2 aromatic heterocycles. The zero-order chi connectivity index (χ0) is 21.8. The molecule has 3 fully saturated rings. The molecule has 2 aromatic rings. The second-order valence-corrected chi connectivity index (χ2v) is 8.56. The molecule has 1 amide bonds. The minimum atomic E-state index is 0.0118. The first-order valence-corrected chi connectivity index (χ1v) is 11.6. The van der Waals surface area contributed by atoms with Crippen molar-refractivity contribution in [3.8, 4) is 5.88 Å². The van der Waals surface area contributed by atoms with Crippen LogP contribution in [0.15, 0.2) is 30.6 Å². The number of pyridine rings is 1. The molecule has 4 heterocycles. The van der Waals surface area contributed by atoms with E-state index in [4.69, 9.17) is 9.47 Å². The van der Waals surface area contributed by atoms with Crippen LogP contribution in [0.3, 0.4) is 0 Å². The number of piperazine rings is 1. The Morgan fingerprint density at radius 3 is 2.47 bits per heavy atom. The summed E-state index contributed by atoms with van der Waals surface area (Å²) >= 11 is 0. The van der Waals surface area contributed by atoms with Crippen LogP contribution in [-0.2, 0) is 4.74 Å². The normalized spacial score (nSPS) is 19.9. The van der Waals surface area contributed by atoms with Gasteiger partial charge >= 0.3 is 0 Å². The van der Waals surface area contributed by atoms with Gasteiger partial charge in [-0.25, -0.2) is 4.98 Å². The number of nitrogens with zero attached hydrogens (tertiary/aromatic N) is 6. The van der Waals surface area contributed by atoms with Crippen LogP contribution in [0, 0.1) is 0 Å². The number of hydrogen-bond acceptors (Lipinski definition) is 8. The molecule has 2 aliphatic heterocycles. The van der Waals surface area contributed by atoms with Crippen LogP contribution in [-0.4, -0.2) is 84.6 Å². The third kappa shape index (κ3) is 4.77. The Hall–Kier alpha value is -2.94. The summed E-state index contributed by atoms with van der Waals surface area (Å²) in [5, 5.41) is 8.54. The van der Waals surface area contributed by atoms with E-state index < -0.39 is 0 Å². The van der Waals surface area contributed by atoms with E-state index in [9.17, 15) is 4.79 Å². The van der Waals surface area contributed by atoms with Crippen molar-refractivity contribution in [3.05, 3.63) is 36.2 Å². The van der Waals surface area contributed by atoms with E-state index in [1.165, 1.54) is 12.8 Å². The molecule has 0 bridgehead atoms. The average Bonchev–Trinajstić information content (AvgIpc) is 3.38. The Kier molecular flexibility index (Phi) is 6.34. The van der Waals surface area contributed by atoms with Gasteiger partial charge in [0, 0.05) is 57.6 Å². The summed E-state index contributed by atoms with van der Waals surface area (Å²) in [6.07, 6.45) is 8.32. The van der Waals surface area contributed by atoms with Crippen LogP contribution in [0.25, 0.3) is 0 Å². The number of amides is 1. The van der Waals surface area contributed by atoms with Gasteiger partial charge in [-0.3, -0.25) is 4.79 Å². The minimum Gasteiger partial charge on any atom is -0.474 e. The molecule has 3 aliphatic rings. The van der Waals surface area contributed by atoms with Gasteiger partial charge in [0.1, 0.15) is 6.10 Å². The largest absolute Gasteiger partial charge is 0.474 e. The number of carbonyl (C=O) groups is 1. The van der Waals surface area contributed by atoms with Crippen molar-refractivity contribution >= 4 is 17.4 Å². The lowest BCUT2D eigenvalue weighted by Crippen LogP contribution is -2.49. The lowest BCUT2D eigenvalue weighted by atomic mass is 10.2. The van der Waals surface area contributed by atoms with Crippen LogP contribution < -0.4 is 14.5 Å². The van der Waals surface area contributed by atoms with E-state index >= 15 is 0 Å². The van der Waals surface area contributed by atoms with E-state index in [0.717, 1.165) is 63.7 Å². The van der Waals surface area contributed by atoms with Gasteiger partial charge in [0.25, 0.3) is 5.91 Å². The lowest BCUT2D eigenvalue weighted by Gasteiger charge is -2.35. The van der Waals surface area contributed by atoms with Gasteiger partial charge in [-0.1, -0.05) is 0 Å². The summed E-state index contributed by atoms with van der Waals surface area (Å²) in [5.74, 6) is 1.48. The molecule has 0 aromatic carbocycles. The summed E-state index contributed by atoms with van der Waals surface area (Å²) in [6.45, 7) is 5.94. The Morgan fingerprint density at radius 1 is 0.969 bits per heavy atom. The molecule has 0 spiro atoms. The molecule has 32 heavy (non-hydrogen) atoms. The summed E-state index contributed by atoms with van der Waals surface area (Å²) in [5.41, 5.74) is 1.68. The maximum atomic E-state index is 12.9. The Bertz CT molecular complexity index is 904. The summed E-state index contributed by atoms with van der Waals surface area (Å²) in [4.78, 5) is 23.6. The van der Waals surface area contributed by atoms with E-state index in [1.807, 2.05) is 23.2 Å². The number of anilines is 2. The Labute approximate surface area is 188 Å². The zero-order valence-corrected chi connectivity index (χ0v) is 18.4. The zero-order valence-electron chi connectivity index (χ0n) is 18.4. The monoisotopic (exact) mass is 438 g/mol. The third-order valence-corrected chi connectivity index (χ3v) is 6.47. The van der Waals surface area contributed by atoms with Gasteiger partial charge in [0.05, 0.1) is 30.7 Å². The second kappa shape index (κ2) is 9.68. The standard InChI is InChI=1S/C23H30N6O3/c30-23(18-5-6-22(24-16-18)32-20-3-1-2-4-20)29-9-7-28(8-10-29)21-15-19(17-25-26-21)27-11-13-31-14-12-27/h5-6,15-17,20H,1-4,7-14H2. The quantitative estimate of drug-likeness (QED) is 0.701. The number of ether oxygens (including phenoxy) is 2. The molecule has 9 nitrogen and oxygen atoms in total. The van der Waals surface area contributed by atoms with Crippen molar-refractivity contribution < 1.29 is 14.3 Å². The van der Waals surface area contributed by atoms with Crippen molar-refractivity contribution in [1.29, 1.82) is 0 Å². The fourth-order valence-corrected chi connectivity index (χ4v) is 4.57. The first-order chi connectivity index (χ1) is 15.8. The van der Waals surface area contributed by atoms with Crippen LogP contribution >= 0.6 is 0 Å². The molecule has 5 rings (SSSR count). The summed E-state index contributed by atoms with van der Waals surface area (Å²) in [6, 6.07) is 5.72. The molecular formula is C23H30N6O3. The second-order valence-electron chi connectivity index (χ2n) is 8.56. The van der Waals surface area contributed by atoms with E-state index in [1.54, 1.807) is 6.20 Å². The van der Waals surface area contributed by atoms with Gasteiger partial charge in [-0.15, -0.1) is 5.10 Å². The van der Waals surface area contributed by atoms with Crippen molar-refractivity contribution in [3.63, 3.8) is 0 Å². The highest BCUT2D eigenvalue weighted by Crippen LogP contribution is 2.24. The molecule has 1 saturated carbocycles. The van der Waals surface area contributed by atoms with E-state index in [2.05, 4.69) is 31.0 Å². The molecule has 1 aliphatic carbocycles. The Balaban J connectivity index is 1.16. The molecule has 9 heteroatoms. The van der Waals surface area contributed by atoms with Crippen LogP contribution in [0.1, 0.15) is 36.0 Å². The van der Waals surface area contributed by atoms with Gasteiger partial charge in [-0.05, 0) is 31.7 Å². The molecule has 2 saturated heterocycles. The molecule has 0 radical (unpaired) electrons. The molecule has 0 atom stereocenters. The topological polar surface area (TPSA) is 83.9 Å². The maximum Gasteiger partial charge on any atom is 0.255 e. The number of aromatic nitrogens is 3. The van der Waals surface area contributed by atoms with Crippen molar-refractivity contribution in [1.82, 2.24) is 20.1 Å². The highest BCUT2D eigenvalue weighted by molar-refractivity contribution is 5.94. The number of rotatable bonds is 5. The number of hydrogen-bond donors (Lipinski definition) is 0. The number of morpholine rings is 1. The molecule has 170 valence electrons. The SMILES string of the molecule is O=C(c1ccc(OC2CCCC2)nc1)N1CCN(c2cc(N3CCOCC3)cnn2)CC1. The van der Waals surface area contributed by atoms with E-state index in [0.29, 0.717) is 24.5 Å². The number of carbonyl (C=O) groups excluding carboxylic acids is 1. The highest BCUT2D eigenvalue weighted by Gasteiger charge is 2.24. The highest BCUT2D eigenvalue weighted by atomic mass is 16.5. The molecule has 0 N–H and O–H groups in total. The fourth-order valence-electron chi connectivity index (χ4n) is 4.57. The van der Waals surface area contributed by atoms with Crippen LogP contribution in [0.2, 0.25) is 0 Å². The average molecular weight is 439 g/mol. The van der Waals surface area contributed by atoms with Crippen LogP contribution in [0.4, 0.5) is 11.5 Å². The van der Waals surface area contributed by atoms with Gasteiger partial charge in [0.15, 0.2) is 5.82 Å². The van der Waals surface area contributed by atoms with Crippen LogP contribution in [0.5, 0.6) is 5.88 Å². The third-order valence-electron chi connectivity index (χ3n) is 6.47. The smallest absolute Gasteiger partial charge is 0.255 e. The summed E-state index contributed by atoms with van der Waals surface area (Å²) in [7, 11) is 0. The minimum absolute atomic E-state index is 0.0118. The Morgan fingerprint density at radius 2 is 1.75 bits per heavy atom. The predicted molar refractivity (Wildman–Crippen MR) is 120 cm³/mol. The first-order valence-electron chi connectivity index (χ1n) is 11.6. The van der Waals surface area contributed by atoms with E-state index in [-0.39, 0.29) is 12.0 Å². The fraction of sp³-hybridized carbons (Fsp3) is 0.565. The molecule has 0 unspecified atom stereocenters. The lowest BCUT2D eigenvalue weighted by molar-refractivity contribution is 0.0746. The first kappa shape index (κ1) is 20.9. The van der Waals surface area contributed by atoms with Gasteiger partial charge in [-0.2, -0.15) is 5.10 Å². The van der Waals surface area contributed by atoms with Crippen molar-refractivity contribution in [2.24, 2.45) is 0 Å². The maximum absolute atomic E-state index is 12.9. The molecular weight excluding hydrogens is 408 g/mol. The van der Waals surface area contributed by atoms with Gasteiger partial charge in [0.2, 0.25) is 5.88 Å². The van der Waals surface area contributed by atoms with Crippen molar-refractivity contribution in [2.45, 2.75) is 31.8 Å². The summed E-state index contributed by atoms with van der Waals surface area (Å²) < 4.78 is 11.3. The van der Waals surface area contributed by atoms with Gasteiger partial charge < -0.3 is 24.2 Å². The predicted octanol–water partition coefficient (Wildman–Crippen LogP) is 1.99. The van der Waals surface area contributed by atoms with Crippen molar-refractivity contribution in [2.75, 3.05) is 62.3 Å².